The van der Waals surface area contributed by atoms with Gasteiger partial charge in [-0.05, 0) is 96.3 Å². The first-order chi connectivity index (χ1) is 22.3. The molecule has 0 amide bonds. The summed E-state index contributed by atoms with van der Waals surface area (Å²) in [6.07, 6.45) is 55.7. The summed E-state index contributed by atoms with van der Waals surface area (Å²) in [5.74, 6) is -0.441. The molecule has 0 saturated carbocycles. The van der Waals surface area contributed by atoms with Gasteiger partial charge in [-0.15, -0.1) is 0 Å². The van der Waals surface area contributed by atoms with Gasteiger partial charge in [0.05, 0.1) is 12.7 Å². The molecule has 1 aliphatic heterocycles. The molecule has 0 aromatic rings. The molecule has 1 heterocycles. The summed E-state index contributed by atoms with van der Waals surface area (Å²) in [4.78, 5) is 10.9. The van der Waals surface area contributed by atoms with Crippen molar-refractivity contribution in [3.05, 3.63) is 72.9 Å². The van der Waals surface area contributed by atoms with Gasteiger partial charge in [0.2, 0.25) is 0 Å². The highest BCUT2D eigenvalue weighted by molar-refractivity contribution is 5.49. The average Bonchev–Trinajstić information content (AvgIpc) is 3.46. The van der Waals surface area contributed by atoms with E-state index in [1.54, 1.807) is 0 Å². The molecule has 1 unspecified atom stereocenters. The van der Waals surface area contributed by atoms with Crippen molar-refractivity contribution in [3.63, 3.8) is 0 Å². The van der Waals surface area contributed by atoms with Gasteiger partial charge >= 0.3 is 0 Å². The van der Waals surface area contributed by atoms with Crippen LogP contribution in [-0.2, 0) is 14.3 Å². The number of hydrogen-bond acceptors (Lipinski definition) is 3. The first-order valence-electron chi connectivity index (χ1n) is 18.9. The molecule has 45 heavy (non-hydrogen) atoms. The van der Waals surface area contributed by atoms with E-state index in [4.69, 9.17) is 9.47 Å². The summed E-state index contributed by atoms with van der Waals surface area (Å²) in [5.41, 5.74) is 0. The highest BCUT2D eigenvalue weighted by atomic mass is 16.7. The molecule has 0 radical (unpaired) electrons. The summed E-state index contributed by atoms with van der Waals surface area (Å²) in [6.45, 7) is 5.13. The lowest BCUT2D eigenvalue weighted by Gasteiger charge is -2.28. The molecule has 0 aromatic carbocycles. The zero-order chi connectivity index (χ0) is 32.4. The fourth-order valence-electron chi connectivity index (χ4n) is 5.65. The molecule has 3 heteroatoms. The lowest BCUT2D eigenvalue weighted by Crippen LogP contribution is -2.31. The van der Waals surface area contributed by atoms with Crippen molar-refractivity contribution >= 4 is 6.29 Å². The lowest BCUT2D eigenvalue weighted by atomic mass is 9.99. The molecule has 3 nitrogen and oxygen atoms in total. The Labute approximate surface area is 279 Å². The topological polar surface area (TPSA) is 35.5 Å². The van der Waals surface area contributed by atoms with E-state index >= 15 is 0 Å². The molecular formula is C42H70O3. The van der Waals surface area contributed by atoms with Gasteiger partial charge in [-0.25, -0.2) is 0 Å². The minimum Gasteiger partial charge on any atom is -0.347 e. The van der Waals surface area contributed by atoms with Gasteiger partial charge in [-0.2, -0.15) is 0 Å². The van der Waals surface area contributed by atoms with E-state index in [9.17, 15) is 4.79 Å². The van der Waals surface area contributed by atoms with E-state index in [1.807, 2.05) is 0 Å². The molecule has 1 aliphatic rings. The molecule has 1 rings (SSSR count). The molecule has 0 aliphatic carbocycles. The van der Waals surface area contributed by atoms with Crippen LogP contribution in [0.1, 0.15) is 168 Å². The van der Waals surface area contributed by atoms with Gasteiger partial charge in [0.25, 0.3) is 0 Å². The van der Waals surface area contributed by atoms with Crippen LogP contribution in [0.5, 0.6) is 0 Å². The molecule has 1 atom stereocenters. The lowest BCUT2D eigenvalue weighted by molar-refractivity contribution is -0.180. The largest absolute Gasteiger partial charge is 0.347 e. The van der Waals surface area contributed by atoms with Crippen LogP contribution in [0.3, 0.4) is 0 Å². The van der Waals surface area contributed by atoms with Gasteiger partial charge in [0, 0.05) is 19.3 Å². The maximum atomic E-state index is 10.9. The Kier molecular flexibility index (Phi) is 29.2. The number of carbonyl (C=O) groups excluding carboxylic acids is 1. The van der Waals surface area contributed by atoms with Crippen molar-refractivity contribution in [2.45, 2.75) is 180 Å². The minimum absolute atomic E-state index is 0.0651. The number of aldehydes is 1. The number of unbranched alkanes of at least 4 members (excludes halogenated alkanes) is 12. The van der Waals surface area contributed by atoms with Crippen molar-refractivity contribution in [1.82, 2.24) is 0 Å². The molecule has 256 valence electrons. The zero-order valence-electron chi connectivity index (χ0n) is 29.5. The highest BCUT2D eigenvalue weighted by Gasteiger charge is 2.40. The van der Waals surface area contributed by atoms with Gasteiger partial charge < -0.3 is 14.3 Å². The van der Waals surface area contributed by atoms with Crippen LogP contribution < -0.4 is 0 Å². The molecule has 1 saturated heterocycles. The maximum absolute atomic E-state index is 10.9. The third kappa shape index (κ3) is 25.9. The Bertz CT molecular complexity index is 777. The van der Waals surface area contributed by atoms with Gasteiger partial charge in [-0.3, -0.25) is 0 Å². The number of carbonyl (C=O) groups is 1. The summed E-state index contributed by atoms with van der Waals surface area (Å²) < 4.78 is 12.8. The van der Waals surface area contributed by atoms with Crippen molar-refractivity contribution < 1.29 is 14.3 Å². The van der Waals surface area contributed by atoms with Crippen LogP contribution in [0.25, 0.3) is 0 Å². The molecule has 0 bridgehead atoms. The first kappa shape index (κ1) is 41.1. The van der Waals surface area contributed by atoms with Crippen LogP contribution in [0.4, 0.5) is 0 Å². The molecular weight excluding hydrogens is 552 g/mol. The van der Waals surface area contributed by atoms with Gasteiger partial charge in [-0.1, -0.05) is 125 Å². The fraction of sp³-hybridized carbons (Fsp3) is 0.690. The summed E-state index contributed by atoms with van der Waals surface area (Å²) in [7, 11) is 0. The second kappa shape index (κ2) is 32.0. The van der Waals surface area contributed by atoms with Gasteiger partial charge in [0.15, 0.2) is 5.79 Å². The predicted octanol–water partition coefficient (Wildman–Crippen LogP) is 13.0. The summed E-state index contributed by atoms with van der Waals surface area (Å²) >= 11 is 0. The smallest absolute Gasteiger partial charge is 0.168 e. The first-order valence-corrected chi connectivity index (χ1v) is 18.9. The summed E-state index contributed by atoms with van der Waals surface area (Å²) in [6, 6.07) is 0. The quantitative estimate of drug-likeness (QED) is 0.0438. The minimum atomic E-state index is -0.441. The Hall–Kier alpha value is -1.97. The Balaban J connectivity index is 2.20. The van der Waals surface area contributed by atoms with Crippen molar-refractivity contribution in [3.8, 4) is 0 Å². The SMILES string of the molecule is CCCCCC=CCC=CCC=CCCCCCC1(CCCCCC=CCC=CCC=CCCCCC)OCC(CCC=O)O1. The van der Waals surface area contributed by atoms with Gasteiger partial charge in [0.1, 0.15) is 6.29 Å². The number of rotatable bonds is 31. The van der Waals surface area contributed by atoms with E-state index in [0.29, 0.717) is 13.0 Å². The van der Waals surface area contributed by atoms with Crippen molar-refractivity contribution in [1.29, 1.82) is 0 Å². The molecule has 0 N–H and O–H groups in total. The second-order valence-electron chi connectivity index (χ2n) is 12.7. The fourth-order valence-corrected chi connectivity index (χ4v) is 5.65. The van der Waals surface area contributed by atoms with E-state index in [2.05, 4.69) is 86.8 Å². The third-order valence-electron chi connectivity index (χ3n) is 8.41. The van der Waals surface area contributed by atoms with E-state index in [1.165, 1.54) is 77.0 Å². The second-order valence-corrected chi connectivity index (χ2v) is 12.7. The number of allylic oxidation sites excluding steroid dienone is 12. The Morgan fingerprint density at radius 3 is 1.31 bits per heavy atom. The normalized spacial score (nSPS) is 19.3. The number of hydrogen-bond donors (Lipinski definition) is 0. The monoisotopic (exact) mass is 623 g/mol. The van der Waals surface area contributed by atoms with Crippen molar-refractivity contribution in [2.24, 2.45) is 0 Å². The number of ether oxygens (including phenoxy) is 2. The third-order valence-corrected chi connectivity index (χ3v) is 8.41. The van der Waals surface area contributed by atoms with Crippen LogP contribution in [0.2, 0.25) is 0 Å². The molecule has 1 fully saturated rings. The van der Waals surface area contributed by atoms with Crippen LogP contribution in [0.15, 0.2) is 72.9 Å². The Morgan fingerprint density at radius 1 is 0.511 bits per heavy atom. The van der Waals surface area contributed by atoms with Crippen LogP contribution in [-0.4, -0.2) is 24.8 Å². The molecule has 0 spiro atoms. The standard InChI is InChI=1S/C42H70O3/c1-3-5-7-9-11-13-15-17-19-21-23-25-27-29-31-33-37-42(44-40-41(45-42)36-35-39-43)38-34-32-30-28-26-24-22-20-18-16-14-12-10-8-6-4-2/h11-14,17-20,23-26,39,41H,3-10,15-16,21-22,27-38,40H2,1-2H3. The van der Waals surface area contributed by atoms with E-state index in [0.717, 1.165) is 76.9 Å². The average molecular weight is 623 g/mol. The van der Waals surface area contributed by atoms with Crippen LogP contribution >= 0.6 is 0 Å². The summed E-state index contributed by atoms with van der Waals surface area (Å²) in [5, 5.41) is 0. The maximum Gasteiger partial charge on any atom is 0.168 e. The zero-order valence-corrected chi connectivity index (χ0v) is 29.5. The highest BCUT2D eigenvalue weighted by Crippen LogP contribution is 2.35. The Morgan fingerprint density at radius 2 is 0.911 bits per heavy atom. The van der Waals surface area contributed by atoms with Crippen molar-refractivity contribution in [2.75, 3.05) is 6.61 Å². The predicted molar refractivity (Wildman–Crippen MR) is 197 cm³/mol. The van der Waals surface area contributed by atoms with E-state index in [-0.39, 0.29) is 6.10 Å². The van der Waals surface area contributed by atoms with Crippen LogP contribution in [0, 0.1) is 0 Å². The van der Waals surface area contributed by atoms with E-state index < -0.39 is 5.79 Å². The molecule has 0 aromatic heterocycles.